The molecule has 114 valence electrons. The number of alkyl halides is 3. The molecule has 0 aliphatic carbocycles. The molecule has 0 bridgehead atoms. The van der Waals surface area contributed by atoms with E-state index in [9.17, 15) is 13.2 Å². The van der Waals surface area contributed by atoms with Gasteiger partial charge in [-0.05, 0) is 12.5 Å². The number of nitrogens with zero attached hydrogens (tertiary/aromatic N) is 1. The Morgan fingerprint density at radius 3 is 2.62 bits per heavy atom. The number of imidazole rings is 1. The number of hydrogen-bond acceptors (Lipinski definition) is 2. The van der Waals surface area contributed by atoms with Crippen LogP contribution in [0.4, 0.5) is 13.2 Å². The second kappa shape index (κ2) is 6.30. The van der Waals surface area contributed by atoms with E-state index >= 15 is 0 Å². The van der Waals surface area contributed by atoms with Gasteiger partial charge >= 0.3 is 6.18 Å². The third kappa shape index (κ3) is 3.44. The van der Waals surface area contributed by atoms with Gasteiger partial charge in [0.25, 0.3) is 0 Å². The Hall–Kier alpha value is -1.82. The van der Waals surface area contributed by atoms with Crippen molar-refractivity contribution in [2.45, 2.75) is 31.9 Å². The van der Waals surface area contributed by atoms with Gasteiger partial charge in [0.2, 0.25) is 0 Å². The second-order valence-corrected chi connectivity index (χ2v) is 4.95. The Bertz CT molecular complexity index is 590. The Morgan fingerprint density at radius 1 is 1.29 bits per heavy atom. The fraction of sp³-hybridized carbons (Fsp3) is 0.400. The fourth-order valence-electron chi connectivity index (χ4n) is 2.36. The van der Waals surface area contributed by atoms with Gasteiger partial charge in [0.05, 0.1) is 17.5 Å². The van der Waals surface area contributed by atoms with E-state index in [1.807, 2.05) is 6.92 Å². The number of hydrogen-bond donors (Lipinski definition) is 2. The Morgan fingerprint density at radius 2 is 2.00 bits per heavy atom. The van der Waals surface area contributed by atoms with Crippen molar-refractivity contribution < 1.29 is 13.2 Å². The molecule has 21 heavy (non-hydrogen) atoms. The number of nitrogens with one attached hydrogen (secondary N) is 1. The van der Waals surface area contributed by atoms with Crippen molar-refractivity contribution in [2.24, 2.45) is 5.73 Å². The van der Waals surface area contributed by atoms with Crippen LogP contribution >= 0.6 is 0 Å². The van der Waals surface area contributed by atoms with Gasteiger partial charge < -0.3 is 10.7 Å². The van der Waals surface area contributed by atoms with E-state index in [0.717, 1.165) is 18.9 Å². The molecule has 3 N–H and O–H groups in total. The maximum absolute atomic E-state index is 13.0. The van der Waals surface area contributed by atoms with Crippen LogP contribution in [0.3, 0.4) is 0 Å². The summed E-state index contributed by atoms with van der Waals surface area (Å²) >= 11 is 0. The van der Waals surface area contributed by atoms with E-state index in [-0.39, 0.29) is 11.5 Å². The van der Waals surface area contributed by atoms with Crippen LogP contribution in [0.1, 0.15) is 37.1 Å². The third-order valence-corrected chi connectivity index (χ3v) is 3.43. The summed E-state index contributed by atoms with van der Waals surface area (Å²) in [5, 5.41) is 0. The van der Waals surface area contributed by atoms with Crippen LogP contribution in [-0.4, -0.2) is 16.5 Å². The summed E-state index contributed by atoms with van der Waals surface area (Å²) in [4.78, 5) is 7.19. The van der Waals surface area contributed by atoms with Crippen molar-refractivity contribution in [3.63, 3.8) is 0 Å². The quantitative estimate of drug-likeness (QED) is 0.878. The van der Waals surface area contributed by atoms with Gasteiger partial charge in [0.1, 0.15) is 5.82 Å². The van der Waals surface area contributed by atoms with Crippen molar-refractivity contribution in [2.75, 3.05) is 6.54 Å². The minimum Gasteiger partial charge on any atom is -0.342 e. The fourth-order valence-corrected chi connectivity index (χ4v) is 2.36. The first-order chi connectivity index (χ1) is 9.97. The van der Waals surface area contributed by atoms with Gasteiger partial charge in [-0.1, -0.05) is 31.5 Å². The molecular weight excluding hydrogens is 279 g/mol. The first kappa shape index (κ1) is 15.6. The summed E-state index contributed by atoms with van der Waals surface area (Å²) in [6, 6.07) is 5.47. The predicted molar refractivity (Wildman–Crippen MR) is 75.7 cm³/mol. The van der Waals surface area contributed by atoms with E-state index in [1.165, 1.54) is 18.3 Å². The molecule has 0 saturated heterocycles. The molecule has 1 aromatic carbocycles. The van der Waals surface area contributed by atoms with Crippen LogP contribution in [-0.2, 0) is 6.18 Å². The number of aromatic amines is 1. The van der Waals surface area contributed by atoms with Crippen molar-refractivity contribution in [3.8, 4) is 11.3 Å². The topological polar surface area (TPSA) is 54.7 Å². The molecule has 0 saturated carbocycles. The minimum atomic E-state index is -4.39. The van der Waals surface area contributed by atoms with E-state index in [1.54, 1.807) is 6.07 Å². The lowest BCUT2D eigenvalue weighted by Gasteiger charge is -2.12. The monoisotopic (exact) mass is 297 g/mol. The second-order valence-electron chi connectivity index (χ2n) is 4.95. The third-order valence-electron chi connectivity index (χ3n) is 3.43. The van der Waals surface area contributed by atoms with Crippen molar-refractivity contribution in [1.82, 2.24) is 9.97 Å². The molecule has 1 aromatic heterocycles. The van der Waals surface area contributed by atoms with Crippen LogP contribution in [0.15, 0.2) is 30.5 Å². The zero-order valence-corrected chi connectivity index (χ0v) is 11.7. The molecule has 2 aromatic rings. The lowest BCUT2D eigenvalue weighted by Crippen LogP contribution is -2.13. The van der Waals surface area contributed by atoms with Crippen molar-refractivity contribution in [3.05, 3.63) is 41.9 Å². The molecule has 0 radical (unpaired) electrons. The van der Waals surface area contributed by atoms with Gasteiger partial charge in [-0.25, -0.2) is 4.98 Å². The first-order valence-electron chi connectivity index (χ1n) is 6.89. The first-order valence-corrected chi connectivity index (χ1v) is 6.89. The highest BCUT2D eigenvalue weighted by molar-refractivity contribution is 5.64. The number of aromatic nitrogens is 2. The van der Waals surface area contributed by atoms with Crippen LogP contribution < -0.4 is 5.73 Å². The molecule has 2 rings (SSSR count). The number of benzene rings is 1. The smallest absolute Gasteiger partial charge is 0.342 e. The van der Waals surface area contributed by atoms with Crippen molar-refractivity contribution >= 4 is 0 Å². The lowest BCUT2D eigenvalue weighted by molar-refractivity contribution is -0.137. The number of H-pyrrole nitrogens is 1. The molecule has 0 amide bonds. The Kier molecular flexibility index (Phi) is 4.67. The summed E-state index contributed by atoms with van der Waals surface area (Å²) in [5.74, 6) is 0.688. The SMILES string of the molecule is CCCC(CN)c1ncc(-c2ccccc2C(F)(F)F)[nH]1. The van der Waals surface area contributed by atoms with E-state index < -0.39 is 11.7 Å². The van der Waals surface area contributed by atoms with Crippen LogP contribution in [0, 0.1) is 0 Å². The summed E-state index contributed by atoms with van der Waals surface area (Å²) in [7, 11) is 0. The highest BCUT2D eigenvalue weighted by Crippen LogP contribution is 2.36. The lowest BCUT2D eigenvalue weighted by atomic mass is 10.0. The van der Waals surface area contributed by atoms with Gasteiger partial charge in [0, 0.05) is 18.0 Å². The zero-order valence-electron chi connectivity index (χ0n) is 11.7. The number of nitrogens with two attached hydrogens (primary N) is 1. The minimum absolute atomic E-state index is 0.0433. The highest BCUT2D eigenvalue weighted by atomic mass is 19.4. The largest absolute Gasteiger partial charge is 0.417 e. The maximum Gasteiger partial charge on any atom is 0.417 e. The molecule has 3 nitrogen and oxygen atoms in total. The summed E-state index contributed by atoms with van der Waals surface area (Å²) in [6.07, 6.45) is -1.15. The van der Waals surface area contributed by atoms with Crippen LogP contribution in [0.25, 0.3) is 11.3 Å². The van der Waals surface area contributed by atoms with Crippen molar-refractivity contribution in [1.29, 1.82) is 0 Å². The van der Waals surface area contributed by atoms with E-state index in [4.69, 9.17) is 5.73 Å². The highest BCUT2D eigenvalue weighted by Gasteiger charge is 2.33. The molecule has 0 fully saturated rings. The molecule has 1 unspecified atom stereocenters. The number of halogens is 3. The Balaban J connectivity index is 2.38. The van der Waals surface area contributed by atoms with Crippen LogP contribution in [0.2, 0.25) is 0 Å². The van der Waals surface area contributed by atoms with E-state index in [0.29, 0.717) is 18.1 Å². The summed E-state index contributed by atoms with van der Waals surface area (Å²) in [5.41, 5.74) is 5.51. The van der Waals surface area contributed by atoms with Gasteiger partial charge in [-0.2, -0.15) is 13.2 Å². The maximum atomic E-state index is 13.0. The van der Waals surface area contributed by atoms with Gasteiger partial charge in [-0.3, -0.25) is 0 Å². The molecule has 0 aliphatic rings. The standard InChI is InChI=1S/C15H18F3N3/c1-2-5-10(8-19)14-20-9-13(21-14)11-6-3-4-7-12(11)15(16,17)18/h3-4,6-7,9-10H,2,5,8,19H2,1H3,(H,20,21). The zero-order chi connectivity index (χ0) is 15.5. The predicted octanol–water partition coefficient (Wildman–Crippen LogP) is 3.94. The normalized spacial score (nSPS) is 13.4. The number of rotatable bonds is 5. The van der Waals surface area contributed by atoms with E-state index in [2.05, 4.69) is 9.97 Å². The summed E-state index contributed by atoms with van der Waals surface area (Å²) in [6.45, 7) is 2.45. The Labute approximate surface area is 121 Å². The average molecular weight is 297 g/mol. The molecule has 0 spiro atoms. The van der Waals surface area contributed by atoms with Gasteiger partial charge in [-0.15, -0.1) is 0 Å². The molecule has 0 aliphatic heterocycles. The van der Waals surface area contributed by atoms with Gasteiger partial charge in [0.15, 0.2) is 0 Å². The average Bonchev–Trinajstić information content (AvgIpc) is 2.93. The van der Waals surface area contributed by atoms with Crippen LogP contribution in [0.5, 0.6) is 0 Å². The molecular formula is C15H18F3N3. The summed E-state index contributed by atoms with van der Waals surface area (Å²) < 4.78 is 39.1. The molecule has 1 heterocycles. The molecule has 1 atom stereocenters. The molecule has 6 heteroatoms.